The average Bonchev–Trinajstić information content (AvgIpc) is 3.02. The lowest BCUT2D eigenvalue weighted by Crippen LogP contribution is -2.55. The molecule has 1 unspecified atom stereocenters. The molecule has 0 amide bonds. The van der Waals surface area contributed by atoms with Gasteiger partial charge in [-0.1, -0.05) is 19.8 Å². The van der Waals surface area contributed by atoms with Crippen molar-refractivity contribution in [1.82, 2.24) is 20.4 Å². The second kappa shape index (κ2) is 8.88. The Hall–Kier alpha value is -0.810. The van der Waals surface area contributed by atoms with E-state index in [0.29, 0.717) is 11.5 Å². The summed E-state index contributed by atoms with van der Waals surface area (Å²) in [6, 6.07) is 0.559. The Bertz CT molecular complexity index is 376. The molecule has 0 radical (unpaired) electrons. The Kier molecular flexibility index (Phi) is 7.15. The summed E-state index contributed by atoms with van der Waals surface area (Å²) in [5.41, 5.74) is 0.462. The molecule has 1 saturated carbocycles. The van der Waals surface area contributed by atoms with E-state index in [2.05, 4.69) is 48.4 Å². The largest absolute Gasteiger partial charge is 0.357 e. The van der Waals surface area contributed by atoms with E-state index in [9.17, 15) is 0 Å². The zero-order valence-electron chi connectivity index (χ0n) is 15.7. The van der Waals surface area contributed by atoms with E-state index in [1.807, 2.05) is 0 Å². The molecule has 5 heteroatoms. The number of aliphatic imine (C=N–C) groups is 1. The number of nitrogens with one attached hydrogen (secondary N) is 2. The molecule has 0 aromatic carbocycles. The summed E-state index contributed by atoms with van der Waals surface area (Å²) in [5, 5.41) is 7.00. The van der Waals surface area contributed by atoms with Gasteiger partial charge >= 0.3 is 0 Å². The van der Waals surface area contributed by atoms with Gasteiger partial charge in [-0.3, -0.25) is 9.89 Å². The monoisotopic (exact) mass is 323 g/mol. The Morgan fingerprint density at radius 3 is 2.52 bits per heavy atom. The third kappa shape index (κ3) is 5.35. The molecule has 5 nitrogen and oxygen atoms in total. The fraction of sp³-hybridized carbons (Fsp3) is 0.944. The highest BCUT2D eigenvalue weighted by Crippen LogP contribution is 2.41. The minimum Gasteiger partial charge on any atom is -0.357 e. The number of piperazine rings is 1. The lowest BCUT2D eigenvalue weighted by molar-refractivity contribution is 0.116. The van der Waals surface area contributed by atoms with Gasteiger partial charge in [0.2, 0.25) is 0 Å². The molecule has 2 aliphatic rings. The highest BCUT2D eigenvalue weighted by Gasteiger charge is 2.31. The van der Waals surface area contributed by atoms with E-state index in [1.54, 1.807) is 0 Å². The van der Waals surface area contributed by atoms with Gasteiger partial charge < -0.3 is 15.5 Å². The Labute approximate surface area is 142 Å². The topological polar surface area (TPSA) is 42.9 Å². The van der Waals surface area contributed by atoms with Crippen molar-refractivity contribution in [3.63, 3.8) is 0 Å². The predicted molar refractivity (Wildman–Crippen MR) is 99.1 cm³/mol. The molecule has 134 valence electrons. The van der Waals surface area contributed by atoms with Gasteiger partial charge in [0.1, 0.15) is 0 Å². The van der Waals surface area contributed by atoms with Crippen molar-refractivity contribution < 1.29 is 0 Å². The van der Waals surface area contributed by atoms with Crippen molar-refractivity contribution in [2.45, 2.75) is 52.0 Å². The van der Waals surface area contributed by atoms with Gasteiger partial charge in [0.25, 0.3) is 0 Å². The summed E-state index contributed by atoms with van der Waals surface area (Å²) in [7, 11) is 4.44. The molecule has 0 spiro atoms. The first kappa shape index (κ1) is 18.5. The summed E-state index contributed by atoms with van der Waals surface area (Å²) in [4.78, 5) is 9.81. The Morgan fingerprint density at radius 1 is 1.13 bits per heavy atom. The lowest BCUT2D eigenvalue weighted by Gasteiger charge is -2.38. The molecule has 1 atom stereocenters. The number of rotatable bonds is 6. The summed E-state index contributed by atoms with van der Waals surface area (Å²) >= 11 is 0. The Balaban J connectivity index is 1.88. The van der Waals surface area contributed by atoms with Gasteiger partial charge in [0.05, 0.1) is 0 Å². The minimum absolute atomic E-state index is 0.462. The molecule has 1 heterocycles. The van der Waals surface area contributed by atoms with Gasteiger partial charge in [-0.05, 0) is 45.7 Å². The maximum atomic E-state index is 4.93. The molecule has 0 aromatic heterocycles. The van der Waals surface area contributed by atoms with Crippen molar-refractivity contribution in [2.75, 3.05) is 53.4 Å². The van der Waals surface area contributed by atoms with E-state index in [4.69, 9.17) is 4.99 Å². The standard InChI is InChI=1S/C18H37N5/c1-5-18(9-7-8-10-18)15-21-17(19-6-2)20-13-16-14-22(3)11-12-23(16)4/h16H,5-15H2,1-4H3,(H2,19,20,21). The van der Waals surface area contributed by atoms with E-state index in [0.717, 1.165) is 38.7 Å². The smallest absolute Gasteiger partial charge is 0.191 e. The third-order valence-corrected chi connectivity index (χ3v) is 5.82. The molecular weight excluding hydrogens is 286 g/mol. The van der Waals surface area contributed by atoms with E-state index in [1.165, 1.54) is 38.6 Å². The molecule has 1 saturated heterocycles. The number of nitrogens with zero attached hydrogens (tertiary/aromatic N) is 3. The van der Waals surface area contributed by atoms with Crippen LogP contribution in [0.15, 0.2) is 4.99 Å². The minimum atomic E-state index is 0.462. The van der Waals surface area contributed by atoms with Crippen LogP contribution in [0.25, 0.3) is 0 Å². The summed E-state index contributed by atoms with van der Waals surface area (Å²) < 4.78 is 0. The van der Waals surface area contributed by atoms with E-state index < -0.39 is 0 Å². The third-order valence-electron chi connectivity index (χ3n) is 5.82. The van der Waals surface area contributed by atoms with Crippen LogP contribution in [0.3, 0.4) is 0 Å². The van der Waals surface area contributed by atoms with Crippen molar-refractivity contribution in [3.8, 4) is 0 Å². The molecule has 0 bridgehead atoms. The second-order valence-corrected chi connectivity index (χ2v) is 7.53. The van der Waals surface area contributed by atoms with Crippen molar-refractivity contribution in [1.29, 1.82) is 0 Å². The molecule has 1 aliphatic heterocycles. The first-order valence-corrected chi connectivity index (χ1v) is 9.49. The van der Waals surface area contributed by atoms with Crippen LogP contribution in [0.2, 0.25) is 0 Å². The molecule has 2 fully saturated rings. The number of hydrogen-bond acceptors (Lipinski definition) is 3. The first-order valence-electron chi connectivity index (χ1n) is 9.49. The maximum absolute atomic E-state index is 4.93. The quantitative estimate of drug-likeness (QED) is 0.577. The number of guanidine groups is 1. The van der Waals surface area contributed by atoms with Gasteiger partial charge in [-0.25, -0.2) is 0 Å². The normalized spacial score (nSPS) is 26.4. The van der Waals surface area contributed by atoms with Crippen LogP contribution in [-0.2, 0) is 0 Å². The summed E-state index contributed by atoms with van der Waals surface area (Å²) in [5.74, 6) is 0.994. The van der Waals surface area contributed by atoms with Crippen molar-refractivity contribution in [2.24, 2.45) is 10.4 Å². The molecular formula is C18H37N5. The van der Waals surface area contributed by atoms with Crippen LogP contribution in [0.5, 0.6) is 0 Å². The summed E-state index contributed by atoms with van der Waals surface area (Å²) in [6.45, 7) is 10.8. The first-order chi connectivity index (χ1) is 11.1. The zero-order valence-corrected chi connectivity index (χ0v) is 15.7. The van der Waals surface area contributed by atoms with Crippen molar-refractivity contribution >= 4 is 5.96 Å². The average molecular weight is 324 g/mol. The van der Waals surface area contributed by atoms with E-state index in [-0.39, 0.29) is 0 Å². The predicted octanol–water partition coefficient (Wildman–Crippen LogP) is 1.76. The zero-order chi connectivity index (χ0) is 16.7. The number of likely N-dealkylation sites (N-methyl/N-ethyl adjacent to an activating group) is 2. The van der Waals surface area contributed by atoms with Crippen LogP contribution in [0, 0.1) is 5.41 Å². The highest BCUT2D eigenvalue weighted by atomic mass is 15.3. The van der Waals surface area contributed by atoms with Gasteiger partial charge in [-0.15, -0.1) is 0 Å². The van der Waals surface area contributed by atoms with Crippen LogP contribution >= 0.6 is 0 Å². The molecule has 1 aliphatic carbocycles. The molecule has 0 aromatic rings. The fourth-order valence-corrected chi connectivity index (χ4v) is 3.87. The van der Waals surface area contributed by atoms with Gasteiger partial charge in [-0.2, -0.15) is 0 Å². The van der Waals surface area contributed by atoms with Crippen LogP contribution < -0.4 is 10.6 Å². The highest BCUT2D eigenvalue weighted by molar-refractivity contribution is 5.79. The summed E-state index contributed by atoms with van der Waals surface area (Å²) in [6.07, 6.45) is 6.72. The second-order valence-electron chi connectivity index (χ2n) is 7.53. The SMILES string of the molecule is CCNC(=NCC1(CC)CCCC1)NCC1CN(C)CCN1C. The molecule has 2 rings (SSSR count). The van der Waals surface area contributed by atoms with Crippen LogP contribution in [0.4, 0.5) is 0 Å². The Morgan fingerprint density at radius 2 is 1.87 bits per heavy atom. The van der Waals surface area contributed by atoms with Crippen LogP contribution in [-0.4, -0.2) is 75.2 Å². The maximum Gasteiger partial charge on any atom is 0.191 e. The van der Waals surface area contributed by atoms with Gasteiger partial charge in [0, 0.05) is 45.3 Å². The number of hydrogen-bond donors (Lipinski definition) is 2. The van der Waals surface area contributed by atoms with Gasteiger partial charge in [0.15, 0.2) is 5.96 Å². The van der Waals surface area contributed by atoms with Crippen molar-refractivity contribution in [3.05, 3.63) is 0 Å². The molecule has 23 heavy (non-hydrogen) atoms. The fourth-order valence-electron chi connectivity index (χ4n) is 3.87. The van der Waals surface area contributed by atoms with E-state index >= 15 is 0 Å². The molecule has 2 N–H and O–H groups in total. The van der Waals surface area contributed by atoms with Crippen LogP contribution in [0.1, 0.15) is 46.0 Å². The lowest BCUT2D eigenvalue weighted by atomic mass is 9.84.